The van der Waals surface area contributed by atoms with Crippen molar-refractivity contribution in [1.82, 2.24) is 4.90 Å². The van der Waals surface area contributed by atoms with Gasteiger partial charge in [0.2, 0.25) is 11.7 Å². The number of fused-ring (bicyclic) bond motifs is 2. The Labute approximate surface area is 203 Å². The lowest BCUT2D eigenvalue weighted by molar-refractivity contribution is -0.407. The first-order valence-electron chi connectivity index (χ1n) is 10.5. The number of nitrogens with zero attached hydrogens (tertiary/aromatic N) is 4. The third kappa shape index (κ3) is 3.95. The van der Waals surface area contributed by atoms with Crippen LogP contribution in [0.25, 0.3) is 10.8 Å². The lowest BCUT2D eigenvalue weighted by Crippen LogP contribution is -2.54. The molecule has 170 valence electrons. The Morgan fingerprint density at radius 1 is 1.12 bits per heavy atom. The van der Waals surface area contributed by atoms with Gasteiger partial charge in [0.05, 0.1) is 24.7 Å². The number of anilines is 1. The van der Waals surface area contributed by atoms with Crippen LogP contribution in [-0.2, 0) is 9.59 Å². The second-order valence-corrected chi connectivity index (χ2v) is 9.70. The molecular weight excluding hydrogens is 470 g/mol. The lowest BCUT2D eigenvalue weighted by Gasteiger charge is -2.26. The quantitative estimate of drug-likeness (QED) is 0.565. The van der Waals surface area contributed by atoms with Gasteiger partial charge in [-0.2, -0.15) is 9.48 Å². The zero-order chi connectivity index (χ0) is 23.8. The first-order valence-corrected chi connectivity index (χ1v) is 12.3. The molecule has 0 saturated carbocycles. The Morgan fingerprint density at radius 2 is 1.91 bits per heavy atom. The van der Waals surface area contributed by atoms with Gasteiger partial charge in [-0.3, -0.25) is 9.59 Å². The van der Waals surface area contributed by atoms with Gasteiger partial charge >= 0.3 is 11.9 Å². The van der Waals surface area contributed by atoms with Crippen molar-refractivity contribution >= 4 is 74.1 Å². The number of thioether (sulfide) groups is 1. The maximum Gasteiger partial charge on any atom is 0.445 e. The molecule has 34 heavy (non-hydrogen) atoms. The average Bonchev–Trinajstić information content (AvgIpc) is 3.40. The van der Waals surface area contributed by atoms with E-state index < -0.39 is 17.9 Å². The van der Waals surface area contributed by atoms with Crippen LogP contribution in [0.15, 0.2) is 70.0 Å². The number of carbonyl (C=O) groups excluding carboxylic acids is 3. The van der Waals surface area contributed by atoms with Gasteiger partial charge in [-0.1, -0.05) is 59.2 Å². The van der Waals surface area contributed by atoms with Crippen LogP contribution in [0.5, 0.6) is 0 Å². The van der Waals surface area contributed by atoms with Gasteiger partial charge in [-0.15, -0.1) is 11.3 Å². The fraction of sp³-hybridized carbons (Fsp3) is 0.167. The number of hydrogen-bond acceptors (Lipinski definition) is 7. The molecule has 1 N–H and O–H groups in total. The minimum Gasteiger partial charge on any atom is -0.325 e. The van der Waals surface area contributed by atoms with E-state index in [2.05, 4.69) is 15.3 Å². The number of rotatable bonds is 4. The number of hydrogen-bond donors (Lipinski definition) is 1. The van der Waals surface area contributed by atoms with Crippen molar-refractivity contribution in [3.8, 4) is 0 Å². The monoisotopic (exact) mass is 490 g/mol. The van der Waals surface area contributed by atoms with Gasteiger partial charge in [0.15, 0.2) is 5.92 Å². The van der Waals surface area contributed by atoms with Gasteiger partial charge < -0.3 is 5.32 Å². The topological polar surface area (TPSA) is 94.2 Å². The number of imide groups is 1. The predicted octanol–water partition coefficient (Wildman–Crippen LogP) is 3.68. The zero-order valence-corrected chi connectivity index (χ0v) is 20.0. The summed E-state index contributed by atoms with van der Waals surface area (Å²) in [6, 6.07) is 16.9. The van der Waals surface area contributed by atoms with E-state index in [0.717, 1.165) is 26.2 Å². The summed E-state index contributed by atoms with van der Waals surface area (Å²) < 4.78 is 1.37. The predicted molar refractivity (Wildman–Crippen MR) is 136 cm³/mol. The molecule has 10 heteroatoms. The van der Waals surface area contributed by atoms with Crippen molar-refractivity contribution in [2.45, 2.75) is 0 Å². The van der Waals surface area contributed by atoms with E-state index in [0.29, 0.717) is 16.7 Å². The van der Waals surface area contributed by atoms with E-state index >= 15 is 0 Å². The Bertz CT molecular complexity index is 1420. The number of aliphatic imine (C=N–C) groups is 2. The van der Waals surface area contributed by atoms with Crippen LogP contribution in [-0.4, -0.2) is 63.9 Å². The van der Waals surface area contributed by atoms with Crippen LogP contribution in [0.1, 0.15) is 4.88 Å². The number of benzene rings is 2. The summed E-state index contributed by atoms with van der Waals surface area (Å²) in [6.45, 7) is 0. The molecule has 5 rings (SSSR count). The number of carbonyl (C=O) groups is 3. The average molecular weight is 491 g/mol. The Hall–Kier alpha value is -3.63. The highest BCUT2D eigenvalue weighted by Gasteiger charge is 2.49. The number of nitrogens with one attached hydrogen (secondary N) is 1. The Kier molecular flexibility index (Phi) is 5.84. The summed E-state index contributed by atoms with van der Waals surface area (Å²) in [5, 5.41) is 7.29. The summed E-state index contributed by atoms with van der Waals surface area (Å²) in [5.41, 5.74) is 0.723. The highest BCUT2D eigenvalue weighted by molar-refractivity contribution is 8.14. The molecule has 2 aromatic carbocycles. The molecule has 3 heterocycles. The minimum atomic E-state index is -0.827. The van der Waals surface area contributed by atoms with E-state index in [1.54, 1.807) is 7.05 Å². The van der Waals surface area contributed by atoms with Crippen LogP contribution in [0.2, 0.25) is 0 Å². The summed E-state index contributed by atoms with van der Waals surface area (Å²) in [4.78, 5) is 49.4. The second-order valence-electron chi connectivity index (χ2n) is 7.76. The number of urea groups is 1. The first kappa shape index (κ1) is 22.2. The smallest absolute Gasteiger partial charge is 0.325 e. The number of amides is 4. The number of amidine groups is 2. The fourth-order valence-electron chi connectivity index (χ4n) is 3.86. The summed E-state index contributed by atoms with van der Waals surface area (Å²) in [7, 11) is 3.02. The molecule has 0 spiro atoms. The van der Waals surface area contributed by atoms with Crippen molar-refractivity contribution in [3.05, 3.63) is 64.9 Å². The molecule has 1 unspecified atom stereocenters. The van der Waals surface area contributed by atoms with Crippen LogP contribution in [0, 0.1) is 5.92 Å². The molecule has 3 aromatic rings. The van der Waals surface area contributed by atoms with Crippen molar-refractivity contribution in [2.75, 3.05) is 25.2 Å². The molecule has 0 radical (unpaired) electrons. The fourth-order valence-corrected chi connectivity index (χ4v) is 5.40. The lowest BCUT2D eigenvalue weighted by atomic mass is 10.0. The van der Waals surface area contributed by atoms with Gasteiger partial charge in [0, 0.05) is 11.1 Å². The first-order chi connectivity index (χ1) is 16.4. The molecule has 2 aliphatic heterocycles. The molecule has 0 fully saturated rings. The van der Waals surface area contributed by atoms with E-state index in [4.69, 9.17) is 0 Å². The third-order valence-electron chi connectivity index (χ3n) is 5.59. The van der Waals surface area contributed by atoms with Gasteiger partial charge in [-0.25, -0.2) is 9.79 Å². The van der Waals surface area contributed by atoms with Crippen LogP contribution in [0.4, 0.5) is 10.5 Å². The molecule has 0 aliphatic carbocycles. The third-order valence-corrected chi connectivity index (χ3v) is 7.49. The molecular formula is C24H20N5O3S2+. The van der Waals surface area contributed by atoms with E-state index in [9.17, 15) is 14.4 Å². The van der Waals surface area contributed by atoms with Crippen molar-refractivity contribution in [3.63, 3.8) is 0 Å². The molecule has 0 saturated heterocycles. The van der Waals surface area contributed by atoms with Gasteiger partial charge in [-0.05, 0) is 22.9 Å². The SMILES string of the molecule is CN1C(=O)C2C(SCC(=O)Nc3cccc4ccccc34)=NC(c3cccs3)=NC2=[N+](C)C1=O. The Balaban J connectivity index is 1.42. The summed E-state index contributed by atoms with van der Waals surface area (Å²) >= 11 is 2.64. The van der Waals surface area contributed by atoms with E-state index in [-0.39, 0.29) is 11.7 Å². The zero-order valence-electron chi connectivity index (χ0n) is 18.4. The van der Waals surface area contributed by atoms with Gasteiger partial charge in [0.1, 0.15) is 5.04 Å². The molecule has 2 aliphatic rings. The molecule has 1 aromatic heterocycles. The molecule has 4 amide bonds. The maximum atomic E-state index is 13.0. The Morgan fingerprint density at radius 3 is 2.71 bits per heavy atom. The highest BCUT2D eigenvalue weighted by Crippen LogP contribution is 2.28. The second kappa shape index (κ2) is 8.96. The van der Waals surface area contributed by atoms with Crippen LogP contribution >= 0.6 is 23.1 Å². The maximum absolute atomic E-state index is 13.0. The van der Waals surface area contributed by atoms with Crippen molar-refractivity contribution in [1.29, 1.82) is 0 Å². The van der Waals surface area contributed by atoms with Gasteiger partial charge in [0.25, 0.3) is 5.84 Å². The normalized spacial score (nSPS) is 18.1. The van der Waals surface area contributed by atoms with Crippen LogP contribution < -0.4 is 5.32 Å². The van der Waals surface area contributed by atoms with Crippen molar-refractivity contribution in [2.24, 2.45) is 15.9 Å². The summed E-state index contributed by atoms with van der Waals surface area (Å²) in [5.74, 6) is -0.650. The molecule has 0 bridgehead atoms. The number of thiophene rings is 1. The minimum absolute atomic E-state index is 0.0538. The van der Waals surface area contributed by atoms with E-state index in [1.165, 1.54) is 34.7 Å². The highest BCUT2D eigenvalue weighted by atomic mass is 32.2. The molecule has 8 nitrogen and oxygen atoms in total. The standard InChI is InChI=1S/C24H19N5O3S2/c1-28-21-19(23(31)29(2)24(28)32)22(27-20(26-21)17-11-6-12-33-17)34-13-18(30)25-16-10-5-8-14-7-3-4-9-15(14)16/h3-12,19H,13H2,1-2H3/p+1. The molecule has 1 atom stereocenters. The van der Waals surface area contributed by atoms with Crippen molar-refractivity contribution < 1.29 is 19.0 Å². The van der Waals surface area contributed by atoms with Crippen LogP contribution in [0.3, 0.4) is 0 Å². The largest absolute Gasteiger partial charge is 0.445 e. The summed E-state index contributed by atoms with van der Waals surface area (Å²) in [6.07, 6.45) is 0. The van der Waals surface area contributed by atoms with E-state index in [1.807, 2.05) is 60.0 Å².